The average molecular weight is 410 g/mol. The molecule has 0 amide bonds. The van der Waals surface area contributed by atoms with Crippen molar-refractivity contribution in [3.05, 3.63) is 51.5 Å². The van der Waals surface area contributed by atoms with Gasteiger partial charge in [-0.25, -0.2) is 0 Å². The van der Waals surface area contributed by atoms with Crippen molar-refractivity contribution >= 4 is 17.6 Å². The SMILES string of the molecule is Cc1c(CCO)sc[n+]1C(C=O)c1ccccc1C(F)(F)F.[Br-]. The maximum absolute atomic E-state index is 13.1. The Morgan fingerprint density at radius 3 is 2.57 bits per heavy atom. The molecule has 2 rings (SSSR count). The normalized spacial score (nSPS) is 12.6. The van der Waals surface area contributed by atoms with Crippen LogP contribution < -0.4 is 21.5 Å². The van der Waals surface area contributed by atoms with Gasteiger partial charge in [-0.15, -0.1) is 0 Å². The number of nitrogens with zero attached hydrogens (tertiary/aromatic N) is 1. The molecule has 0 aliphatic carbocycles. The van der Waals surface area contributed by atoms with E-state index in [1.165, 1.54) is 34.1 Å². The average Bonchev–Trinajstić information content (AvgIpc) is 2.82. The number of aliphatic hydroxyl groups excluding tert-OH is 1. The predicted octanol–water partition coefficient (Wildman–Crippen LogP) is -0.310. The molecular weight excluding hydrogens is 395 g/mol. The number of rotatable bonds is 5. The third kappa shape index (κ3) is 4.19. The fraction of sp³-hybridized carbons (Fsp3) is 0.333. The molecule has 3 nitrogen and oxygen atoms in total. The van der Waals surface area contributed by atoms with Crippen LogP contribution in [0.2, 0.25) is 0 Å². The lowest BCUT2D eigenvalue weighted by Crippen LogP contribution is -3.00. The summed E-state index contributed by atoms with van der Waals surface area (Å²) in [5.74, 6) is 0. The van der Waals surface area contributed by atoms with Gasteiger partial charge in [0.2, 0.25) is 11.6 Å². The lowest BCUT2D eigenvalue weighted by molar-refractivity contribution is -0.700. The Morgan fingerprint density at radius 1 is 1.35 bits per heavy atom. The largest absolute Gasteiger partial charge is 1.00 e. The van der Waals surface area contributed by atoms with Crippen LogP contribution in [0.1, 0.15) is 27.7 Å². The molecule has 23 heavy (non-hydrogen) atoms. The van der Waals surface area contributed by atoms with Gasteiger partial charge in [0.1, 0.15) is 0 Å². The molecule has 0 spiro atoms. The van der Waals surface area contributed by atoms with Crippen molar-refractivity contribution < 1.29 is 44.6 Å². The van der Waals surface area contributed by atoms with Gasteiger partial charge >= 0.3 is 6.18 Å². The van der Waals surface area contributed by atoms with Crippen LogP contribution >= 0.6 is 11.3 Å². The number of halogens is 4. The molecule has 1 aromatic heterocycles. The van der Waals surface area contributed by atoms with Gasteiger partial charge in [-0.3, -0.25) is 4.79 Å². The third-order valence-electron chi connectivity index (χ3n) is 3.45. The van der Waals surface area contributed by atoms with Gasteiger partial charge in [0, 0.05) is 25.5 Å². The molecule has 0 aliphatic heterocycles. The van der Waals surface area contributed by atoms with Crippen LogP contribution in [0.4, 0.5) is 13.2 Å². The van der Waals surface area contributed by atoms with E-state index < -0.39 is 17.8 Å². The van der Waals surface area contributed by atoms with Gasteiger partial charge in [-0.1, -0.05) is 29.5 Å². The number of alkyl halides is 3. The lowest BCUT2D eigenvalue weighted by Gasteiger charge is -2.14. The second kappa shape index (κ2) is 8.03. The zero-order valence-corrected chi connectivity index (χ0v) is 14.6. The first-order valence-corrected chi connectivity index (χ1v) is 7.48. The quantitative estimate of drug-likeness (QED) is 0.543. The van der Waals surface area contributed by atoms with Crippen molar-refractivity contribution in [1.82, 2.24) is 0 Å². The summed E-state index contributed by atoms with van der Waals surface area (Å²) in [6.45, 7) is 1.68. The molecule has 126 valence electrons. The van der Waals surface area contributed by atoms with Crippen molar-refractivity contribution in [2.24, 2.45) is 0 Å². The van der Waals surface area contributed by atoms with Gasteiger partial charge in [0.15, 0.2) is 12.0 Å². The van der Waals surface area contributed by atoms with Gasteiger partial charge < -0.3 is 22.1 Å². The summed E-state index contributed by atoms with van der Waals surface area (Å²) in [4.78, 5) is 12.3. The second-order valence-electron chi connectivity index (χ2n) is 4.78. The van der Waals surface area contributed by atoms with E-state index in [0.29, 0.717) is 18.4 Å². The molecule has 0 bridgehead atoms. The van der Waals surface area contributed by atoms with E-state index in [2.05, 4.69) is 0 Å². The zero-order valence-electron chi connectivity index (χ0n) is 12.2. The van der Waals surface area contributed by atoms with Crippen molar-refractivity contribution in [1.29, 1.82) is 0 Å². The van der Waals surface area contributed by atoms with E-state index in [1.807, 2.05) is 0 Å². The number of benzene rings is 1. The van der Waals surface area contributed by atoms with Crippen LogP contribution in [0.25, 0.3) is 0 Å². The molecule has 1 heterocycles. The minimum atomic E-state index is -4.52. The Balaban J connectivity index is 0.00000264. The molecular formula is C15H15BrF3NO2S. The fourth-order valence-electron chi connectivity index (χ4n) is 2.35. The van der Waals surface area contributed by atoms with E-state index in [-0.39, 0.29) is 29.2 Å². The predicted molar refractivity (Wildman–Crippen MR) is 75.7 cm³/mol. The maximum atomic E-state index is 13.1. The summed E-state index contributed by atoms with van der Waals surface area (Å²) in [7, 11) is 0. The standard InChI is InChI=1S/C15H15F3NO2S.BrH/c1-10-14(6-7-20)22-9-19(10)13(8-21)11-4-2-3-5-12(11)15(16,17)18;/h2-5,8-9,13,20H,6-7H2,1H3;1H/q+1;/p-1. The van der Waals surface area contributed by atoms with Crippen LogP contribution in [-0.4, -0.2) is 18.0 Å². The van der Waals surface area contributed by atoms with Crippen LogP contribution in [-0.2, 0) is 17.4 Å². The van der Waals surface area contributed by atoms with Gasteiger partial charge in [-0.05, 0) is 6.07 Å². The molecule has 2 aromatic rings. The molecule has 1 atom stereocenters. The molecule has 1 unspecified atom stereocenters. The van der Waals surface area contributed by atoms with Gasteiger partial charge in [0.05, 0.1) is 10.4 Å². The molecule has 0 aliphatic rings. The van der Waals surface area contributed by atoms with Crippen LogP contribution in [0, 0.1) is 6.92 Å². The second-order valence-corrected chi connectivity index (χ2v) is 5.72. The monoisotopic (exact) mass is 409 g/mol. The van der Waals surface area contributed by atoms with Crippen LogP contribution in [0.15, 0.2) is 29.8 Å². The number of hydrogen-bond acceptors (Lipinski definition) is 3. The maximum Gasteiger partial charge on any atom is 0.416 e. The summed E-state index contributed by atoms with van der Waals surface area (Å²) >= 11 is 1.32. The highest BCUT2D eigenvalue weighted by molar-refractivity contribution is 7.09. The molecule has 0 saturated carbocycles. The number of thiazole rings is 1. The third-order valence-corrected chi connectivity index (χ3v) is 4.57. The molecule has 0 saturated heterocycles. The molecule has 1 aromatic carbocycles. The van der Waals surface area contributed by atoms with E-state index in [0.717, 1.165) is 10.9 Å². The molecule has 8 heteroatoms. The summed E-state index contributed by atoms with van der Waals surface area (Å²) in [6.07, 6.45) is -3.60. The summed E-state index contributed by atoms with van der Waals surface area (Å²) in [5, 5.41) is 9.00. The number of aliphatic hydroxyl groups is 1. The molecule has 0 fully saturated rings. The minimum Gasteiger partial charge on any atom is -1.00 e. The molecule has 1 N–H and O–H groups in total. The number of carbonyl (C=O) groups excluding carboxylic acids is 1. The highest BCUT2D eigenvalue weighted by atomic mass is 79.9. The highest BCUT2D eigenvalue weighted by Crippen LogP contribution is 2.34. The van der Waals surface area contributed by atoms with E-state index in [9.17, 15) is 18.0 Å². The Labute approximate surface area is 146 Å². The number of hydrogen-bond donors (Lipinski definition) is 1. The van der Waals surface area contributed by atoms with E-state index in [1.54, 1.807) is 12.4 Å². The van der Waals surface area contributed by atoms with E-state index >= 15 is 0 Å². The van der Waals surface area contributed by atoms with Gasteiger partial charge in [0.25, 0.3) is 0 Å². The van der Waals surface area contributed by atoms with Crippen LogP contribution in [0.5, 0.6) is 0 Å². The first-order valence-electron chi connectivity index (χ1n) is 6.60. The zero-order chi connectivity index (χ0) is 16.3. The Bertz CT molecular complexity index is 673. The topological polar surface area (TPSA) is 41.2 Å². The van der Waals surface area contributed by atoms with Crippen molar-refractivity contribution in [2.75, 3.05) is 6.61 Å². The van der Waals surface area contributed by atoms with Gasteiger partial charge in [-0.2, -0.15) is 17.7 Å². The number of aromatic nitrogens is 1. The smallest absolute Gasteiger partial charge is 0.416 e. The van der Waals surface area contributed by atoms with Crippen molar-refractivity contribution in [3.63, 3.8) is 0 Å². The summed E-state index contributed by atoms with van der Waals surface area (Å²) in [5.41, 5.74) is 1.42. The number of aldehydes is 1. The fourth-order valence-corrected chi connectivity index (χ4v) is 3.36. The summed E-state index contributed by atoms with van der Waals surface area (Å²) < 4.78 is 40.9. The van der Waals surface area contributed by atoms with Crippen molar-refractivity contribution in [3.8, 4) is 0 Å². The Morgan fingerprint density at radius 2 is 2.00 bits per heavy atom. The first kappa shape index (κ1) is 19.8. The highest BCUT2D eigenvalue weighted by Gasteiger charge is 2.38. The number of carbonyl (C=O) groups is 1. The molecule has 0 radical (unpaired) electrons. The van der Waals surface area contributed by atoms with Crippen LogP contribution in [0.3, 0.4) is 0 Å². The van der Waals surface area contributed by atoms with E-state index in [4.69, 9.17) is 5.11 Å². The lowest BCUT2D eigenvalue weighted by atomic mass is 10.00. The Kier molecular flexibility index (Phi) is 6.91. The first-order chi connectivity index (χ1) is 10.4. The minimum absolute atomic E-state index is 0. The van der Waals surface area contributed by atoms with Crippen molar-refractivity contribution in [2.45, 2.75) is 25.6 Å². The Hall–Kier alpha value is -1.25. The summed E-state index contributed by atoms with van der Waals surface area (Å²) in [6, 6.07) is 4.04.